The van der Waals surface area contributed by atoms with Gasteiger partial charge in [-0.1, -0.05) is 23.7 Å². The van der Waals surface area contributed by atoms with E-state index in [1.165, 1.54) is 0 Å². The number of benzene rings is 1. The molecule has 2 N–H and O–H groups in total. The molecule has 21 heavy (non-hydrogen) atoms. The van der Waals surface area contributed by atoms with Gasteiger partial charge in [-0.3, -0.25) is 9.48 Å². The smallest absolute Gasteiger partial charge is 0.276 e. The van der Waals surface area contributed by atoms with Crippen molar-refractivity contribution in [3.63, 3.8) is 0 Å². The van der Waals surface area contributed by atoms with Crippen molar-refractivity contribution in [1.29, 1.82) is 0 Å². The highest BCUT2D eigenvalue weighted by Crippen LogP contribution is 2.24. The van der Waals surface area contributed by atoms with Crippen LogP contribution in [0.25, 0.3) is 0 Å². The number of nitrogen functional groups attached to an aromatic ring is 1. The normalized spacial score (nSPS) is 12.2. The second-order valence-corrected chi connectivity index (χ2v) is 5.37. The Labute approximate surface area is 129 Å². The van der Waals surface area contributed by atoms with E-state index in [2.05, 4.69) is 5.10 Å². The molecule has 1 aromatic carbocycles. The fourth-order valence-corrected chi connectivity index (χ4v) is 2.30. The average Bonchev–Trinajstić information content (AvgIpc) is 2.86. The standard InChI is InChI=1S/C15H19ClN4O/c1-4-20-9-13(17)14(18-20)15(21)19(3)10(2)11-6-5-7-12(16)8-11/h5-10H,4,17H2,1-3H3. The predicted molar refractivity (Wildman–Crippen MR) is 84.3 cm³/mol. The summed E-state index contributed by atoms with van der Waals surface area (Å²) in [5.41, 5.74) is 7.51. The van der Waals surface area contributed by atoms with Crippen molar-refractivity contribution in [3.05, 3.63) is 46.7 Å². The maximum atomic E-state index is 12.5. The zero-order valence-electron chi connectivity index (χ0n) is 12.4. The second kappa shape index (κ2) is 6.18. The van der Waals surface area contributed by atoms with Gasteiger partial charge in [-0.05, 0) is 31.5 Å². The monoisotopic (exact) mass is 306 g/mol. The van der Waals surface area contributed by atoms with Gasteiger partial charge in [0.15, 0.2) is 5.69 Å². The van der Waals surface area contributed by atoms with Crippen LogP contribution in [0.15, 0.2) is 30.5 Å². The zero-order chi connectivity index (χ0) is 15.6. The summed E-state index contributed by atoms with van der Waals surface area (Å²) in [7, 11) is 1.73. The van der Waals surface area contributed by atoms with Crippen LogP contribution in [0.3, 0.4) is 0 Å². The van der Waals surface area contributed by atoms with E-state index in [1.807, 2.05) is 32.0 Å². The van der Waals surface area contributed by atoms with Crippen molar-refractivity contribution in [2.45, 2.75) is 26.4 Å². The summed E-state index contributed by atoms with van der Waals surface area (Å²) in [6.45, 7) is 4.56. The van der Waals surface area contributed by atoms with Gasteiger partial charge >= 0.3 is 0 Å². The number of carbonyl (C=O) groups is 1. The van der Waals surface area contributed by atoms with Gasteiger partial charge in [-0.2, -0.15) is 5.10 Å². The van der Waals surface area contributed by atoms with Gasteiger partial charge in [0.1, 0.15) is 0 Å². The molecule has 1 heterocycles. The van der Waals surface area contributed by atoms with Gasteiger partial charge in [-0.15, -0.1) is 0 Å². The Bertz CT molecular complexity index is 653. The Balaban J connectivity index is 2.24. The number of hydrogen-bond acceptors (Lipinski definition) is 3. The first-order valence-electron chi connectivity index (χ1n) is 6.79. The van der Waals surface area contributed by atoms with Crippen LogP contribution in [0.1, 0.15) is 35.9 Å². The summed E-state index contributed by atoms with van der Waals surface area (Å²) in [6, 6.07) is 7.34. The van der Waals surface area contributed by atoms with Crippen molar-refractivity contribution >= 4 is 23.2 Å². The first-order valence-corrected chi connectivity index (χ1v) is 7.17. The summed E-state index contributed by atoms with van der Waals surface area (Å²) in [6.07, 6.45) is 1.67. The van der Waals surface area contributed by atoms with E-state index in [1.54, 1.807) is 28.9 Å². The molecule has 0 aliphatic carbocycles. The van der Waals surface area contributed by atoms with Gasteiger partial charge < -0.3 is 10.6 Å². The van der Waals surface area contributed by atoms with Crippen LogP contribution in [0.4, 0.5) is 5.69 Å². The summed E-state index contributed by atoms with van der Waals surface area (Å²) in [4.78, 5) is 14.1. The number of amides is 1. The van der Waals surface area contributed by atoms with Crippen LogP contribution in [-0.4, -0.2) is 27.6 Å². The third-order valence-corrected chi connectivity index (χ3v) is 3.78. The van der Waals surface area contributed by atoms with Crippen LogP contribution in [0.5, 0.6) is 0 Å². The predicted octanol–water partition coefficient (Wildman–Crippen LogP) is 2.97. The van der Waals surface area contributed by atoms with E-state index < -0.39 is 0 Å². The fraction of sp³-hybridized carbons (Fsp3) is 0.333. The van der Waals surface area contributed by atoms with Crippen LogP contribution in [-0.2, 0) is 6.54 Å². The Kier molecular flexibility index (Phi) is 4.53. The number of aromatic nitrogens is 2. The molecule has 0 aliphatic heterocycles. The molecular formula is C15H19ClN4O. The summed E-state index contributed by atoms with van der Waals surface area (Å²) in [5, 5.41) is 4.87. The van der Waals surface area contributed by atoms with E-state index in [0.717, 1.165) is 5.56 Å². The Hall–Kier alpha value is -2.01. The van der Waals surface area contributed by atoms with Gasteiger partial charge in [0.2, 0.25) is 0 Å². The molecule has 1 unspecified atom stereocenters. The van der Waals surface area contributed by atoms with Crippen LogP contribution >= 0.6 is 11.6 Å². The third kappa shape index (κ3) is 3.19. The molecule has 0 fully saturated rings. The van der Waals surface area contributed by atoms with Crippen molar-refractivity contribution in [2.24, 2.45) is 0 Å². The number of rotatable bonds is 4. The average molecular weight is 307 g/mol. The largest absolute Gasteiger partial charge is 0.396 e. The molecule has 0 bridgehead atoms. The van der Waals surface area contributed by atoms with Gasteiger partial charge in [0, 0.05) is 24.8 Å². The molecule has 0 radical (unpaired) electrons. The minimum absolute atomic E-state index is 0.123. The number of aryl methyl sites for hydroxylation is 1. The molecule has 0 saturated carbocycles. The fourth-order valence-electron chi connectivity index (χ4n) is 2.10. The molecule has 0 saturated heterocycles. The van der Waals surface area contributed by atoms with Crippen LogP contribution in [0, 0.1) is 0 Å². The molecule has 1 amide bonds. The molecule has 0 spiro atoms. The molecule has 6 heteroatoms. The van der Waals surface area contributed by atoms with Crippen molar-refractivity contribution in [3.8, 4) is 0 Å². The Morgan fingerprint density at radius 2 is 2.24 bits per heavy atom. The van der Waals surface area contributed by atoms with E-state index in [4.69, 9.17) is 17.3 Å². The quantitative estimate of drug-likeness (QED) is 0.944. The third-order valence-electron chi connectivity index (χ3n) is 3.55. The van der Waals surface area contributed by atoms with Crippen LogP contribution < -0.4 is 5.73 Å². The number of nitrogens with two attached hydrogens (primary N) is 1. The maximum absolute atomic E-state index is 12.5. The lowest BCUT2D eigenvalue weighted by atomic mass is 10.1. The lowest BCUT2D eigenvalue weighted by Crippen LogP contribution is -2.30. The van der Waals surface area contributed by atoms with E-state index in [-0.39, 0.29) is 17.6 Å². The molecule has 1 atom stereocenters. The lowest BCUT2D eigenvalue weighted by molar-refractivity contribution is 0.0737. The van der Waals surface area contributed by atoms with Crippen molar-refractivity contribution in [1.82, 2.24) is 14.7 Å². The topological polar surface area (TPSA) is 64.2 Å². The van der Waals surface area contributed by atoms with Crippen LogP contribution in [0.2, 0.25) is 5.02 Å². The highest BCUT2D eigenvalue weighted by atomic mass is 35.5. The summed E-state index contributed by atoms with van der Waals surface area (Å²) < 4.78 is 1.65. The second-order valence-electron chi connectivity index (χ2n) is 4.94. The zero-order valence-corrected chi connectivity index (χ0v) is 13.1. The Morgan fingerprint density at radius 3 is 2.81 bits per heavy atom. The first kappa shape index (κ1) is 15.4. The molecule has 112 valence electrons. The Morgan fingerprint density at radius 1 is 1.52 bits per heavy atom. The highest BCUT2D eigenvalue weighted by Gasteiger charge is 2.23. The SMILES string of the molecule is CCn1cc(N)c(C(=O)N(C)C(C)c2cccc(Cl)c2)n1. The highest BCUT2D eigenvalue weighted by molar-refractivity contribution is 6.30. The molecule has 5 nitrogen and oxygen atoms in total. The minimum Gasteiger partial charge on any atom is -0.396 e. The van der Waals surface area contributed by atoms with E-state index in [9.17, 15) is 4.79 Å². The van der Waals surface area contributed by atoms with Gasteiger partial charge in [-0.25, -0.2) is 0 Å². The van der Waals surface area contributed by atoms with E-state index in [0.29, 0.717) is 17.3 Å². The maximum Gasteiger partial charge on any atom is 0.276 e. The van der Waals surface area contributed by atoms with Gasteiger partial charge in [0.25, 0.3) is 5.91 Å². The number of halogens is 1. The molecule has 2 rings (SSSR count). The van der Waals surface area contributed by atoms with Gasteiger partial charge in [0.05, 0.1) is 11.7 Å². The summed E-state index contributed by atoms with van der Waals surface area (Å²) >= 11 is 6.00. The first-order chi connectivity index (χ1) is 9.93. The number of carbonyl (C=O) groups excluding carboxylic acids is 1. The van der Waals surface area contributed by atoms with Crippen molar-refractivity contribution in [2.75, 3.05) is 12.8 Å². The minimum atomic E-state index is -0.202. The number of hydrogen-bond donors (Lipinski definition) is 1. The lowest BCUT2D eigenvalue weighted by Gasteiger charge is -2.25. The van der Waals surface area contributed by atoms with E-state index >= 15 is 0 Å². The van der Waals surface area contributed by atoms with Crippen molar-refractivity contribution < 1.29 is 4.79 Å². The molecule has 1 aromatic heterocycles. The summed E-state index contributed by atoms with van der Waals surface area (Å²) in [5.74, 6) is -0.202. The number of anilines is 1. The molecular weight excluding hydrogens is 288 g/mol. The molecule has 2 aromatic rings. The number of nitrogens with zero attached hydrogens (tertiary/aromatic N) is 3. The molecule has 0 aliphatic rings.